The number of benzene rings is 3. The summed E-state index contributed by atoms with van der Waals surface area (Å²) in [6.07, 6.45) is -1.10. The Bertz CT molecular complexity index is 951. The first kappa shape index (κ1) is 17.4. The first-order valence-electron chi connectivity index (χ1n) is 7.56. The summed E-state index contributed by atoms with van der Waals surface area (Å²) in [5.41, 5.74) is 3.22. The number of nitrogens with zero attached hydrogens (tertiary/aromatic N) is 1. The van der Waals surface area contributed by atoms with Gasteiger partial charge < -0.3 is 10.0 Å². The molecule has 2 N–H and O–H groups in total. The van der Waals surface area contributed by atoms with Gasteiger partial charge in [-0.1, -0.05) is 47.5 Å². The van der Waals surface area contributed by atoms with Crippen LogP contribution in [0.15, 0.2) is 48.5 Å². The zero-order valence-electron chi connectivity index (χ0n) is 13.7. The number of nitrogens with one attached hydrogen (secondary N) is 1. The Balaban J connectivity index is 2.30. The fraction of sp³-hybridized carbons (Fsp3) is 0.105. The number of anilines is 2. The molecule has 0 radical (unpaired) electrons. The maximum atomic E-state index is 11.1. The number of rotatable bonds is 3. The number of fused-ring (bicyclic) bond motifs is 1. The van der Waals surface area contributed by atoms with Crippen molar-refractivity contribution in [2.45, 2.75) is 0 Å². The van der Waals surface area contributed by atoms with Gasteiger partial charge in [0.25, 0.3) is 0 Å². The van der Waals surface area contributed by atoms with Crippen LogP contribution in [-0.2, 0) is 0 Å². The Morgan fingerprint density at radius 2 is 1.68 bits per heavy atom. The molecule has 4 nitrogen and oxygen atoms in total. The van der Waals surface area contributed by atoms with Crippen LogP contribution in [0.2, 0.25) is 10.0 Å². The molecule has 0 aliphatic rings. The molecule has 3 aromatic rings. The molecule has 0 fully saturated rings. The maximum Gasteiger partial charge on any atom is 0.409 e. The second-order valence-electron chi connectivity index (χ2n) is 5.85. The van der Waals surface area contributed by atoms with Crippen molar-refractivity contribution in [2.24, 2.45) is 0 Å². The second-order valence-corrected chi connectivity index (χ2v) is 6.72. The van der Waals surface area contributed by atoms with Crippen molar-refractivity contribution >= 4 is 51.4 Å². The van der Waals surface area contributed by atoms with E-state index in [2.05, 4.69) is 5.32 Å². The molecule has 0 unspecified atom stereocenters. The van der Waals surface area contributed by atoms with Crippen molar-refractivity contribution in [2.75, 3.05) is 24.3 Å². The van der Waals surface area contributed by atoms with E-state index in [0.29, 0.717) is 15.7 Å². The SMILES string of the molecule is CN(C)c1c(NC(=O)O)ccc2c(-c3cc(Cl)cc(Cl)c3)cccc12. The molecule has 25 heavy (non-hydrogen) atoms. The molecule has 0 aliphatic carbocycles. The third-order valence-electron chi connectivity index (χ3n) is 3.90. The summed E-state index contributed by atoms with van der Waals surface area (Å²) in [4.78, 5) is 13.0. The van der Waals surface area contributed by atoms with E-state index in [0.717, 1.165) is 27.6 Å². The predicted octanol–water partition coefficient (Wildman–Crippen LogP) is 5.97. The molecular formula is C19H16Cl2N2O2. The lowest BCUT2D eigenvalue weighted by molar-refractivity contribution is 0.210. The first-order chi connectivity index (χ1) is 11.9. The zero-order valence-corrected chi connectivity index (χ0v) is 15.2. The van der Waals surface area contributed by atoms with Crippen LogP contribution in [0.5, 0.6) is 0 Å². The van der Waals surface area contributed by atoms with Crippen molar-refractivity contribution in [3.63, 3.8) is 0 Å². The zero-order chi connectivity index (χ0) is 18.1. The summed E-state index contributed by atoms with van der Waals surface area (Å²) in [7, 11) is 3.76. The summed E-state index contributed by atoms with van der Waals surface area (Å²) in [5, 5.41) is 14.6. The Morgan fingerprint density at radius 3 is 2.28 bits per heavy atom. The standard InChI is InChI=1S/C19H16Cl2N2O2/c1-23(2)18-16-5-3-4-14(11-8-12(20)10-13(21)9-11)15(16)6-7-17(18)22-19(24)25/h3-10,22H,1-2H3,(H,24,25). The lowest BCUT2D eigenvalue weighted by Gasteiger charge is -2.21. The largest absolute Gasteiger partial charge is 0.465 e. The fourth-order valence-electron chi connectivity index (χ4n) is 3.00. The molecule has 6 heteroatoms. The first-order valence-corrected chi connectivity index (χ1v) is 8.32. The van der Waals surface area contributed by atoms with E-state index >= 15 is 0 Å². The van der Waals surface area contributed by atoms with Crippen LogP contribution in [0.3, 0.4) is 0 Å². The van der Waals surface area contributed by atoms with E-state index in [1.54, 1.807) is 12.1 Å². The highest BCUT2D eigenvalue weighted by atomic mass is 35.5. The monoisotopic (exact) mass is 374 g/mol. The lowest BCUT2D eigenvalue weighted by atomic mass is 9.96. The average molecular weight is 375 g/mol. The minimum absolute atomic E-state index is 0.534. The quantitative estimate of drug-likeness (QED) is 0.593. The normalized spacial score (nSPS) is 10.7. The minimum atomic E-state index is -1.10. The van der Waals surface area contributed by atoms with E-state index < -0.39 is 6.09 Å². The fourth-order valence-corrected chi connectivity index (χ4v) is 3.53. The van der Waals surface area contributed by atoms with Gasteiger partial charge in [-0.05, 0) is 40.8 Å². The Hall–Kier alpha value is -2.43. The van der Waals surface area contributed by atoms with Crippen molar-refractivity contribution in [3.8, 4) is 11.1 Å². The minimum Gasteiger partial charge on any atom is -0.465 e. The molecule has 0 spiro atoms. The molecule has 0 atom stereocenters. The predicted molar refractivity (Wildman–Crippen MR) is 105 cm³/mol. The van der Waals surface area contributed by atoms with Crippen molar-refractivity contribution in [3.05, 3.63) is 58.6 Å². The molecule has 0 saturated carbocycles. The number of halogens is 2. The second kappa shape index (κ2) is 6.82. The van der Waals surface area contributed by atoms with Crippen LogP contribution >= 0.6 is 23.2 Å². The number of carbonyl (C=O) groups is 1. The van der Waals surface area contributed by atoms with Crippen LogP contribution in [0.4, 0.5) is 16.2 Å². The van der Waals surface area contributed by atoms with Gasteiger partial charge in [0.2, 0.25) is 0 Å². The van der Waals surface area contributed by atoms with Gasteiger partial charge in [-0.15, -0.1) is 0 Å². The molecule has 0 aromatic heterocycles. The van der Waals surface area contributed by atoms with E-state index in [4.69, 9.17) is 28.3 Å². The average Bonchev–Trinajstić information content (AvgIpc) is 2.52. The molecule has 0 bridgehead atoms. The molecule has 3 aromatic carbocycles. The van der Waals surface area contributed by atoms with Gasteiger partial charge in [0, 0.05) is 29.5 Å². The molecule has 0 aliphatic heterocycles. The van der Waals surface area contributed by atoms with Crippen LogP contribution in [0.1, 0.15) is 0 Å². The van der Waals surface area contributed by atoms with Crippen LogP contribution in [0.25, 0.3) is 21.9 Å². The number of hydrogen-bond donors (Lipinski definition) is 2. The van der Waals surface area contributed by atoms with Crippen LogP contribution < -0.4 is 10.2 Å². The van der Waals surface area contributed by atoms with Gasteiger partial charge in [-0.2, -0.15) is 0 Å². The van der Waals surface area contributed by atoms with Gasteiger partial charge in [0.1, 0.15) is 0 Å². The maximum absolute atomic E-state index is 11.1. The van der Waals surface area contributed by atoms with Gasteiger partial charge in [-0.25, -0.2) is 4.79 Å². The smallest absolute Gasteiger partial charge is 0.409 e. The number of amides is 1. The van der Waals surface area contributed by atoms with Crippen LogP contribution in [-0.4, -0.2) is 25.3 Å². The molecular weight excluding hydrogens is 359 g/mol. The summed E-state index contributed by atoms with van der Waals surface area (Å²) in [5.74, 6) is 0. The molecule has 128 valence electrons. The van der Waals surface area contributed by atoms with Crippen molar-refractivity contribution in [1.29, 1.82) is 0 Å². The van der Waals surface area contributed by atoms with E-state index in [9.17, 15) is 4.79 Å². The summed E-state index contributed by atoms with van der Waals surface area (Å²) < 4.78 is 0. The highest BCUT2D eigenvalue weighted by Gasteiger charge is 2.14. The summed E-state index contributed by atoms with van der Waals surface area (Å²) in [6, 6.07) is 15.0. The highest BCUT2D eigenvalue weighted by Crippen LogP contribution is 2.39. The number of carboxylic acid groups (broad SMARTS) is 1. The summed E-state index contributed by atoms with van der Waals surface area (Å²) >= 11 is 12.3. The van der Waals surface area contributed by atoms with Crippen molar-refractivity contribution < 1.29 is 9.90 Å². The van der Waals surface area contributed by atoms with Gasteiger partial charge in [0.05, 0.1) is 11.4 Å². The van der Waals surface area contributed by atoms with Crippen LogP contribution in [0, 0.1) is 0 Å². The van der Waals surface area contributed by atoms with E-state index in [-0.39, 0.29) is 0 Å². The Morgan fingerprint density at radius 1 is 1.00 bits per heavy atom. The molecule has 0 saturated heterocycles. The molecule has 3 rings (SSSR count). The summed E-state index contributed by atoms with van der Waals surface area (Å²) in [6.45, 7) is 0. The van der Waals surface area contributed by atoms with Gasteiger partial charge in [0.15, 0.2) is 0 Å². The third kappa shape index (κ3) is 3.50. The Kier molecular flexibility index (Phi) is 4.75. The highest BCUT2D eigenvalue weighted by molar-refractivity contribution is 6.35. The topological polar surface area (TPSA) is 52.6 Å². The number of hydrogen-bond acceptors (Lipinski definition) is 2. The third-order valence-corrected chi connectivity index (χ3v) is 4.33. The van der Waals surface area contributed by atoms with Gasteiger partial charge in [-0.3, -0.25) is 5.32 Å². The Labute approximate surface area is 155 Å². The van der Waals surface area contributed by atoms with E-state index in [1.807, 2.05) is 55.4 Å². The van der Waals surface area contributed by atoms with Gasteiger partial charge >= 0.3 is 6.09 Å². The molecule has 0 heterocycles. The molecule has 1 amide bonds. The van der Waals surface area contributed by atoms with E-state index in [1.165, 1.54) is 0 Å². The van der Waals surface area contributed by atoms with Crippen molar-refractivity contribution in [1.82, 2.24) is 0 Å². The lowest BCUT2D eigenvalue weighted by Crippen LogP contribution is -2.15.